The van der Waals surface area contributed by atoms with E-state index >= 15 is 0 Å². The topological polar surface area (TPSA) is 46.1 Å². The number of nitrogens with zero attached hydrogens (tertiary/aromatic N) is 2. The van der Waals surface area contributed by atoms with E-state index in [1.54, 1.807) is 0 Å². The number of rotatable bonds is 5. The van der Waals surface area contributed by atoms with Crippen molar-refractivity contribution in [3.63, 3.8) is 0 Å². The molecule has 0 spiro atoms. The highest BCUT2D eigenvalue weighted by Gasteiger charge is 2.40. The number of halogens is 1. The monoisotopic (exact) mass is 513 g/mol. The third kappa shape index (κ3) is 5.64. The zero-order valence-electron chi connectivity index (χ0n) is 18.0. The summed E-state index contributed by atoms with van der Waals surface area (Å²) in [6, 6.07) is 9.66. The Balaban J connectivity index is 0.00000240. The number of ether oxygens (including phenoxy) is 2. The summed E-state index contributed by atoms with van der Waals surface area (Å²) in [5.74, 6) is 2.22. The molecule has 5 nitrogen and oxygen atoms in total. The number of aliphatic imine (C=N–C) groups is 1. The second-order valence-electron chi connectivity index (χ2n) is 8.62. The Labute approximate surface area is 192 Å². The maximum atomic E-state index is 6.01. The molecule has 1 aromatic carbocycles. The van der Waals surface area contributed by atoms with E-state index in [4.69, 9.17) is 14.5 Å². The smallest absolute Gasteiger partial charge is 0.194 e. The first-order valence-corrected chi connectivity index (χ1v) is 11.0. The van der Waals surface area contributed by atoms with Crippen molar-refractivity contribution in [3.05, 3.63) is 35.4 Å². The van der Waals surface area contributed by atoms with Gasteiger partial charge in [0.2, 0.25) is 0 Å². The van der Waals surface area contributed by atoms with Gasteiger partial charge < -0.3 is 19.7 Å². The predicted molar refractivity (Wildman–Crippen MR) is 128 cm³/mol. The molecule has 3 aliphatic rings. The molecule has 4 unspecified atom stereocenters. The summed E-state index contributed by atoms with van der Waals surface area (Å²) in [6.07, 6.45) is 3.86. The maximum absolute atomic E-state index is 6.01. The summed E-state index contributed by atoms with van der Waals surface area (Å²) in [4.78, 5) is 7.16. The third-order valence-corrected chi connectivity index (χ3v) is 6.22. The molecule has 2 aliphatic heterocycles. The minimum atomic E-state index is 0. The van der Waals surface area contributed by atoms with Crippen LogP contribution < -0.4 is 5.32 Å². The Bertz CT molecular complexity index is 673. The van der Waals surface area contributed by atoms with Crippen molar-refractivity contribution in [1.29, 1.82) is 0 Å². The fraction of sp³-hybridized carbons (Fsp3) is 0.696. The van der Waals surface area contributed by atoms with Gasteiger partial charge in [0, 0.05) is 38.2 Å². The van der Waals surface area contributed by atoms with Crippen LogP contribution in [0.25, 0.3) is 0 Å². The lowest BCUT2D eigenvalue weighted by Crippen LogP contribution is -2.53. The van der Waals surface area contributed by atoms with Gasteiger partial charge >= 0.3 is 0 Å². The van der Waals surface area contributed by atoms with Gasteiger partial charge in [0.1, 0.15) is 6.10 Å². The molecule has 1 N–H and O–H groups in total. The summed E-state index contributed by atoms with van der Waals surface area (Å²) in [5.41, 5.74) is 2.85. The molecule has 0 amide bonds. The van der Waals surface area contributed by atoms with Gasteiger partial charge in [-0.2, -0.15) is 0 Å². The fourth-order valence-corrected chi connectivity index (χ4v) is 4.39. The molecule has 4 rings (SSSR count). The van der Waals surface area contributed by atoms with Crippen LogP contribution in [0.3, 0.4) is 0 Å². The Morgan fingerprint density at radius 3 is 2.59 bits per heavy atom. The van der Waals surface area contributed by atoms with Crippen LogP contribution in [0.4, 0.5) is 0 Å². The molecular formula is C23H36IN3O2. The summed E-state index contributed by atoms with van der Waals surface area (Å²) in [5, 5.41) is 3.74. The zero-order valence-corrected chi connectivity index (χ0v) is 20.3. The quantitative estimate of drug-likeness (QED) is 0.366. The van der Waals surface area contributed by atoms with E-state index in [0.717, 1.165) is 51.6 Å². The molecule has 3 fully saturated rings. The van der Waals surface area contributed by atoms with Crippen LogP contribution in [0.15, 0.2) is 29.3 Å². The van der Waals surface area contributed by atoms with E-state index in [1.165, 1.54) is 17.5 Å². The van der Waals surface area contributed by atoms with Crippen molar-refractivity contribution >= 4 is 29.9 Å². The third-order valence-electron chi connectivity index (χ3n) is 6.22. The summed E-state index contributed by atoms with van der Waals surface area (Å²) < 4.78 is 11.9. The van der Waals surface area contributed by atoms with E-state index in [1.807, 2.05) is 0 Å². The lowest BCUT2D eigenvalue weighted by atomic mass is 10.0. The van der Waals surface area contributed by atoms with Crippen LogP contribution in [0.2, 0.25) is 0 Å². The number of morpholine rings is 1. The number of benzene rings is 1. The standard InChI is InChI=1S/C23H35N3O2.HI/c1-4-24-23(26-11-13-28-22(15-26)21-6-5-12-27-21)25-20-14-19(20)18-9-7-17(8-10-18)16(2)3;/h7-10,16,19-22H,4-6,11-15H2,1-3H3,(H,24,25);1H. The van der Waals surface area contributed by atoms with E-state index < -0.39 is 0 Å². The average Bonchev–Trinajstić information content (AvgIpc) is 3.26. The lowest BCUT2D eigenvalue weighted by molar-refractivity contribution is -0.0817. The number of guanidine groups is 1. The Morgan fingerprint density at radius 2 is 1.93 bits per heavy atom. The van der Waals surface area contributed by atoms with E-state index in [0.29, 0.717) is 17.9 Å². The highest BCUT2D eigenvalue weighted by atomic mass is 127. The first kappa shape index (κ1) is 22.8. The van der Waals surface area contributed by atoms with Crippen LogP contribution in [0, 0.1) is 0 Å². The molecular weight excluding hydrogens is 477 g/mol. The van der Waals surface area contributed by atoms with Gasteiger partial charge in [-0.25, -0.2) is 0 Å². The fourth-order valence-electron chi connectivity index (χ4n) is 4.39. The Morgan fingerprint density at radius 1 is 1.17 bits per heavy atom. The van der Waals surface area contributed by atoms with Gasteiger partial charge in [0.15, 0.2) is 5.96 Å². The van der Waals surface area contributed by atoms with Gasteiger partial charge in [-0.3, -0.25) is 4.99 Å². The highest BCUT2D eigenvalue weighted by molar-refractivity contribution is 14.0. The molecule has 0 bridgehead atoms. The molecule has 0 aromatic heterocycles. The first-order chi connectivity index (χ1) is 13.7. The van der Waals surface area contributed by atoms with Crippen molar-refractivity contribution in [2.24, 2.45) is 4.99 Å². The van der Waals surface area contributed by atoms with Gasteiger partial charge in [0.25, 0.3) is 0 Å². The Hall–Kier alpha value is -0.860. The molecule has 29 heavy (non-hydrogen) atoms. The van der Waals surface area contributed by atoms with Crippen molar-refractivity contribution in [2.75, 3.05) is 32.8 Å². The van der Waals surface area contributed by atoms with Crippen LogP contribution in [-0.2, 0) is 9.47 Å². The minimum absolute atomic E-state index is 0. The molecule has 162 valence electrons. The molecule has 2 saturated heterocycles. The molecule has 2 heterocycles. The maximum Gasteiger partial charge on any atom is 0.194 e. The van der Waals surface area contributed by atoms with Gasteiger partial charge in [-0.1, -0.05) is 38.1 Å². The molecule has 0 radical (unpaired) electrons. The number of hydrogen-bond acceptors (Lipinski definition) is 3. The summed E-state index contributed by atoms with van der Waals surface area (Å²) in [6.45, 7) is 10.8. The Kier molecular flexibility index (Phi) is 8.22. The van der Waals surface area contributed by atoms with Crippen LogP contribution in [0.5, 0.6) is 0 Å². The van der Waals surface area contributed by atoms with Crippen molar-refractivity contribution in [3.8, 4) is 0 Å². The van der Waals surface area contributed by atoms with E-state index in [9.17, 15) is 0 Å². The normalized spacial score (nSPS) is 29.7. The summed E-state index contributed by atoms with van der Waals surface area (Å²) in [7, 11) is 0. The summed E-state index contributed by atoms with van der Waals surface area (Å²) >= 11 is 0. The lowest BCUT2D eigenvalue weighted by Gasteiger charge is -2.37. The minimum Gasteiger partial charge on any atom is -0.375 e. The van der Waals surface area contributed by atoms with Gasteiger partial charge in [-0.15, -0.1) is 24.0 Å². The number of nitrogens with one attached hydrogen (secondary N) is 1. The average molecular weight is 513 g/mol. The zero-order chi connectivity index (χ0) is 19.5. The van der Waals surface area contributed by atoms with Crippen molar-refractivity contribution < 1.29 is 9.47 Å². The highest BCUT2D eigenvalue weighted by Crippen LogP contribution is 2.41. The van der Waals surface area contributed by atoms with E-state index in [2.05, 4.69) is 55.3 Å². The largest absolute Gasteiger partial charge is 0.375 e. The predicted octanol–water partition coefficient (Wildman–Crippen LogP) is 4.13. The second-order valence-corrected chi connectivity index (χ2v) is 8.62. The second kappa shape index (κ2) is 10.4. The molecule has 1 saturated carbocycles. The van der Waals surface area contributed by atoms with Crippen molar-refractivity contribution in [1.82, 2.24) is 10.2 Å². The van der Waals surface area contributed by atoms with Crippen LogP contribution in [0.1, 0.15) is 63.0 Å². The SMILES string of the molecule is CCN=C(NC1CC1c1ccc(C(C)C)cc1)N1CCOC(C2CCCO2)C1.I. The number of hydrogen-bond donors (Lipinski definition) is 1. The van der Waals surface area contributed by atoms with E-state index in [-0.39, 0.29) is 36.2 Å². The van der Waals surface area contributed by atoms with Gasteiger partial charge in [-0.05, 0) is 43.2 Å². The first-order valence-electron chi connectivity index (χ1n) is 11.0. The molecule has 1 aliphatic carbocycles. The van der Waals surface area contributed by atoms with Gasteiger partial charge in [0.05, 0.1) is 12.7 Å². The molecule has 6 heteroatoms. The van der Waals surface area contributed by atoms with Crippen molar-refractivity contribution in [2.45, 2.75) is 70.1 Å². The molecule has 1 aromatic rings. The van der Waals surface area contributed by atoms with Crippen LogP contribution >= 0.6 is 24.0 Å². The molecule has 4 atom stereocenters. The van der Waals surface area contributed by atoms with Crippen LogP contribution in [-0.4, -0.2) is 62.0 Å².